The van der Waals surface area contributed by atoms with E-state index in [1.807, 2.05) is 0 Å². The highest BCUT2D eigenvalue weighted by Crippen LogP contribution is 2.37. The molecule has 5 nitrogen and oxygen atoms in total. The lowest BCUT2D eigenvalue weighted by Crippen LogP contribution is -2.40. The Labute approximate surface area is 196 Å². The first-order valence-electron chi connectivity index (χ1n) is 10.9. The smallest absolute Gasteiger partial charge is 0.287 e. The molecule has 0 saturated heterocycles. The van der Waals surface area contributed by atoms with Gasteiger partial charge in [0.15, 0.2) is 8.32 Å². The van der Waals surface area contributed by atoms with Crippen LogP contribution in [0.2, 0.25) is 28.2 Å². The second-order valence-electron chi connectivity index (χ2n) is 9.95. The first-order chi connectivity index (χ1) is 14.5. The first-order valence-corrected chi connectivity index (χ1v) is 14.6. The minimum Gasteiger partial charge on any atom is -0.413 e. The molecule has 1 aliphatic carbocycles. The van der Waals surface area contributed by atoms with Crippen LogP contribution >= 0.6 is 23.2 Å². The molecule has 1 heterocycles. The van der Waals surface area contributed by atoms with Crippen molar-refractivity contribution in [2.24, 2.45) is 0 Å². The molecule has 1 N–H and O–H groups in total. The number of rotatable bonds is 6. The number of benzene rings is 1. The molecule has 1 aromatic carbocycles. The second-order valence-corrected chi connectivity index (χ2v) is 15.5. The zero-order valence-electron chi connectivity index (χ0n) is 19.0. The monoisotopic (exact) mass is 481 g/mol. The topological polar surface area (TPSA) is 56.1 Å². The average Bonchev–Trinajstić information content (AvgIpc) is 2.72. The molecule has 3 rings (SSSR count). The van der Waals surface area contributed by atoms with E-state index >= 15 is 0 Å². The van der Waals surface area contributed by atoms with Crippen molar-refractivity contribution in [2.75, 3.05) is 5.32 Å². The Balaban J connectivity index is 1.52. The Morgan fingerprint density at radius 3 is 2.32 bits per heavy atom. The maximum atomic E-state index is 12.3. The van der Waals surface area contributed by atoms with Crippen LogP contribution in [0.4, 0.5) is 5.69 Å². The lowest BCUT2D eigenvalue weighted by molar-refractivity contribution is 0.276. The van der Waals surface area contributed by atoms with Crippen LogP contribution < -0.4 is 10.9 Å². The molecule has 1 fully saturated rings. The van der Waals surface area contributed by atoms with Crippen LogP contribution in [0.3, 0.4) is 0 Å². The van der Waals surface area contributed by atoms with Crippen molar-refractivity contribution in [3.63, 3.8) is 0 Å². The molecule has 0 unspecified atom stereocenters. The summed E-state index contributed by atoms with van der Waals surface area (Å²) in [4.78, 5) is 12.3. The summed E-state index contributed by atoms with van der Waals surface area (Å²) in [6.07, 6.45) is 5.14. The van der Waals surface area contributed by atoms with Crippen molar-refractivity contribution in [2.45, 2.75) is 83.3 Å². The van der Waals surface area contributed by atoms with Crippen molar-refractivity contribution in [1.29, 1.82) is 0 Å². The van der Waals surface area contributed by atoms with Crippen LogP contribution in [0.25, 0.3) is 0 Å². The van der Waals surface area contributed by atoms with E-state index < -0.39 is 8.32 Å². The fourth-order valence-electron chi connectivity index (χ4n) is 3.56. The molecule has 0 atom stereocenters. The number of halogens is 2. The summed E-state index contributed by atoms with van der Waals surface area (Å²) in [6, 6.07) is 8.97. The summed E-state index contributed by atoms with van der Waals surface area (Å²) in [5, 5.41) is 8.28. The van der Waals surface area contributed by atoms with Gasteiger partial charge in [0.2, 0.25) is 0 Å². The van der Waals surface area contributed by atoms with E-state index in [0.717, 1.165) is 31.4 Å². The molecule has 8 heteroatoms. The van der Waals surface area contributed by atoms with E-state index in [-0.39, 0.29) is 26.7 Å². The van der Waals surface area contributed by atoms with Crippen LogP contribution in [0.1, 0.15) is 58.1 Å². The van der Waals surface area contributed by atoms with Crippen molar-refractivity contribution >= 4 is 37.2 Å². The van der Waals surface area contributed by atoms with Crippen LogP contribution in [-0.2, 0) is 11.0 Å². The molecular formula is C23H33Cl2N3O2Si. The molecule has 0 aliphatic heterocycles. The summed E-state index contributed by atoms with van der Waals surface area (Å²) < 4.78 is 7.80. The highest BCUT2D eigenvalue weighted by Gasteiger charge is 2.37. The molecule has 0 radical (unpaired) electrons. The van der Waals surface area contributed by atoms with E-state index in [4.69, 9.17) is 27.6 Å². The third kappa shape index (κ3) is 5.92. The van der Waals surface area contributed by atoms with Gasteiger partial charge in [-0.25, -0.2) is 4.68 Å². The second kappa shape index (κ2) is 9.65. The van der Waals surface area contributed by atoms with E-state index in [1.54, 1.807) is 0 Å². The average molecular weight is 483 g/mol. The summed E-state index contributed by atoms with van der Waals surface area (Å²) in [7, 11) is -1.74. The minimum atomic E-state index is -1.74. The molecule has 1 aliphatic rings. The van der Waals surface area contributed by atoms with Crippen molar-refractivity contribution < 1.29 is 4.43 Å². The normalized spacial score (nSPS) is 20.0. The maximum absolute atomic E-state index is 12.3. The summed E-state index contributed by atoms with van der Waals surface area (Å²) in [5.41, 5.74) is 2.01. The minimum absolute atomic E-state index is 0.0505. The Bertz CT molecular complexity index is 947. The van der Waals surface area contributed by atoms with Gasteiger partial charge in [0.05, 0.1) is 23.9 Å². The van der Waals surface area contributed by atoms with Gasteiger partial charge in [0.25, 0.3) is 5.56 Å². The third-order valence-corrected chi connectivity index (χ3v) is 11.9. The zero-order chi connectivity index (χ0) is 22.8. The lowest BCUT2D eigenvalue weighted by Gasteiger charge is -2.36. The van der Waals surface area contributed by atoms with Gasteiger partial charge in [0.1, 0.15) is 5.02 Å². The number of hydrogen-bond donors (Lipinski definition) is 1. The molecule has 170 valence electrons. The Kier molecular flexibility index (Phi) is 7.57. The van der Waals surface area contributed by atoms with Crippen molar-refractivity contribution in [3.05, 3.63) is 56.4 Å². The predicted molar refractivity (Wildman–Crippen MR) is 132 cm³/mol. The predicted octanol–water partition coefficient (Wildman–Crippen LogP) is 6.67. The highest BCUT2D eigenvalue weighted by atomic mass is 35.5. The van der Waals surface area contributed by atoms with Crippen molar-refractivity contribution in [1.82, 2.24) is 9.78 Å². The van der Waals surface area contributed by atoms with E-state index in [0.29, 0.717) is 12.6 Å². The van der Waals surface area contributed by atoms with Crippen molar-refractivity contribution in [3.8, 4) is 0 Å². The number of nitrogens with one attached hydrogen (secondary N) is 1. The largest absolute Gasteiger partial charge is 0.413 e. The van der Waals surface area contributed by atoms with E-state index in [2.05, 4.69) is 68.5 Å². The molecule has 0 amide bonds. The first kappa shape index (κ1) is 24.3. The Morgan fingerprint density at radius 1 is 1.13 bits per heavy atom. The molecular weight excluding hydrogens is 449 g/mol. The highest BCUT2D eigenvalue weighted by molar-refractivity contribution is 6.74. The standard InChI is InChI=1S/C23H33Cl2N3O2Si/c1-23(2,3)31(4,5)30-15-16-6-8-17(9-7-16)27-18-10-12-19(13-11-18)28-22(29)21(25)20(24)14-26-28/h6-9,14,18-19,27H,10-13,15H2,1-5H3. The maximum Gasteiger partial charge on any atom is 0.287 e. The lowest BCUT2D eigenvalue weighted by atomic mass is 9.91. The number of hydrogen-bond acceptors (Lipinski definition) is 4. The van der Waals surface area contributed by atoms with Gasteiger partial charge in [-0.2, -0.15) is 5.10 Å². The Morgan fingerprint density at radius 2 is 1.74 bits per heavy atom. The third-order valence-electron chi connectivity index (χ3n) is 6.67. The van der Waals surface area contributed by atoms with Gasteiger partial charge < -0.3 is 9.74 Å². The number of anilines is 1. The summed E-state index contributed by atoms with van der Waals surface area (Å²) in [6.45, 7) is 12.0. The van der Waals surface area contributed by atoms with Gasteiger partial charge in [-0.05, 0) is 61.5 Å². The molecule has 1 saturated carbocycles. The van der Waals surface area contributed by atoms with E-state index in [9.17, 15) is 4.79 Å². The molecule has 0 spiro atoms. The van der Waals surface area contributed by atoms with Gasteiger partial charge in [0, 0.05) is 11.7 Å². The summed E-state index contributed by atoms with van der Waals surface area (Å²) >= 11 is 11.9. The SMILES string of the molecule is CC(C)(C)[Si](C)(C)OCc1ccc(NC2CCC(n3ncc(Cl)c(Cl)c3=O)CC2)cc1. The fourth-order valence-corrected chi connectivity index (χ4v) is 4.78. The number of aromatic nitrogens is 2. The van der Waals surface area contributed by atoms with Crippen LogP contribution in [0.15, 0.2) is 35.3 Å². The van der Waals surface area contributed by atoms with Crippen LogP contribution in [-0.4, -0.2) is 24.1 Å². The van der Waals surface area contributed by atoms with Crippen LogP contribution in [0.5, 0.6) is 0 Å². The molecule has 1 aromatic heterocycles. The fraction of sp³-hybridized carbons (Fsp3) is 0.565. The Hall–Kier alpha value is -1.34. The summed E-state index contributed by atoms with van der Waals surface area (Å²) in [5.74, 6) is 0. The van der Waals surface area contributed by atoms with E-state index in [1.165, 1.54) is 16.4 Å². The molecule has 0 bridgehead atoms. The van der Waals surface area contributed by atoms with Gasteiger partial charge in [-0.15, -0.1) is 0 Å². The quantitative estimate of drug-likeness (QED) is 0.468. The van der Waals surface area contributed by atoms with Crippen LogP contribution in [0, 0.1) is 0 Å². The van der Waals surface area contributed by atoms with Gasteiger partial charge in [-0.3, -0.25) is 4.79 Å². The van der Waals surface area contributed by atoms with Gasteiger partial charge in [-0.1, -0.05) is 56.1 Å². The molecule has 2 aromatic rings. The number of nitrogens with zero attached hydrogens (tertiary/aromatic N) is 2. The molecule has 31 heavy (non-hydrogen) atoms. The van der Waals surface area contributed by atoms with Gasteiger partial charge >= 0.3 is 0 Å². The zero-order valence-corrected chi connectivity index (χ0v) is 21.6.